The summed E-state index contributed by atoms with van der Waals surface area (Å²) < 4.78 is 5.68. The first kappa shape index (κ1) is 12.7. The van der Waals surface area contributed by atoms with Crippen LogP contribution in [-0.4, -0.2) is 17.3 Å². The standard InChI is InChI=1S/C14H19ClO2/c1-11-5-6-12(15)13(9-11)17-10-14(16)7-3-2-4-8-14/h5-6,9,16H,2-4,7-8,10H2,1H3. The Labute approximate surface area is 108 Å². The van der Waals surface area contributed by atoms with Gasteiger partial charge in [0.25, 0.3) is 0 Å². The molecule has 2 nitrogen and oxygen atoms in total. The first-order valence-electron chi connectivity index (χ1n) is 6.20. The Hall–Kier alpha value is -0.730. The van der Waals surface area contributed by atoms with E-state index in [0.29, 0.717) is 17.4 Å². The van der Waals surface area contributed by atoms with E-state index in [1.165, 1.54) is 6.42 Å². The summed E-state index contributed by atoms with van der Waals surface area (Å²) in [6.45, 7) is 2.34. The third-order valence-corrected chi connectivity index (χ3v) is 3.68. The van der Waals surface area contributed by atoms with E-state index in [1.807, 2.05) is 25.1 Å². The molecule has 94 valence electrons. The fourth-order valence-corrected chi connectivity index (χ4v) is 2.46. The molecule has 1 aliphatic carbocycles. The monoisotopic (exact) mass is 254 g/mol. The fraction of sp³-hybridized carbons (Fsp3) is 0.571. The lowest BCUT2D eigenvalue weighted by molar-refractivity contribution is -0.0338. The van der Waals surface area contributed by atoms with Crippen LogP contribution in [0.5, 0.6) is 5.75 Å². The lowest BCUT2D eigenvalue weighted by Crippen LogP contribution is -2.37. The molecule has 0 amide bonds. The van der Waals surface area contributed by atoms with Gasteiger partial charge in [-0.1, -0.05) is 36.9 Å². The van der Waals surface area contributed by atoms with Gasteiger partial charge in [-0.2, -0.15) is 0 Å². The summed E-state index contributed by atoms with van der Waals surface area (Å²) in [6, 6.07) is 5.69. The number of benzene rings is 1. The largest absolute Gasteiger partial charge is 0.489 e. The van der Waals surface area contributed by atoms with Crippen LogP contribution in [0.1, 0.15) is 37.7 Å². The van der Waals surface area contributed by atoms with Crippen LogP contribution in [0.3, 0.4) is 0 Å². The van der Waals surface area contributed by atoms with E-state index >= 15 is 0 Å². The van der Waals surface area contributed by atoms with Gasteiger partial charge in [0.1, 0.15) is 12.4 Å². The smallest absolute Gasteiger partial charge is 0.138 e. The average molecular weight is 255 g/mol. The molecule has 17 heavy (non-hydrogen) atoms. The van der Waals surface area contributed by atoms with Gasteiger partial charge in [0, 0.05) is 0 Å². The number of aryl methyl sites for hydroxylation is 1. The van der Waals surface area contributed by atoms with Gasteiger partial charge < -0.3 is 9.84 Å². The topological polar surface area (TPSA) is 29.5 Å². The average Bonchev–Trinajstić information content (AvgIpc) is 2.31. The Bertz CT molecular complexity index is 384. The summed E-state index contributed by atoms with van der Waals surface area (Å²) in [5.74, 6) is 0.672. The molecular weight excluding hydrogens is 236 g/mol. The van der Waals surface area contributed by atoms with Crippen LogP contribution in [0.15, 0.2) is 18.2 Å². The second kappa shape index (κ2) is 5.28. The minimum absolute atomic E-state index is 0.343. The summed E-state index contributed by atoms with van der Waals surface area (Å²) in [6.07, 6.45) is 5.04. The highest BCUT2D eigenvalue weighted by Crippen LogP contribution is 2.31. The zero-order chi connectivity index (χ0) is 12.3. The Morgan fingerprint density at radius 1 is 1.29 bits per heavy atom. The molecule has 0 unspecified atom stereocenters. The summed E-state index contributed by atoms with van der Waals surface area (Å²) in [5.41, 5.74) is 0.450. The van der Waals surface area contributed by atoms with Gasteiger partial charge in [0.05, 0.1) is 10.6 Å². The molecule has 1 aliphatic rings. The van der Waals surface area contributed by atoms with Gasteiger partial charge in [0.2, 0.25) is 0 Å². The number of hydrogen-bond donors (Lipinski definition) is 1. The molecule has 1 fully saturated rings. The van der Waals surface area contributed by atoms with Gasteiger partial charge in [0.15, 0.2) is 0 Å². The molecule has 0 aromatic heterocycles. The quantitative estimate of drug-likeness (QED) is 0.891. The van der Waals surface area contributed by atoms with Crippen LogP contribution in [0, 0.1) is 6.92 Å². The Morgan fingerprint density at radius 2 is 2.00 bits per heavy atom. The second-order valence-corrected chi connectivity index (χ2v) is 5.41. The molecule has 1 N–H and O–H groups in total. The van der Waals surface area contributed by atoms with Crippen molar-refractivity contribution in [2.75, 3.05) is 6.61 Å². The molecule has 2 rings (SSSR count). The fourth-order valence-electron chi connectivity index (χ4n) is 2.29. The number of hydrogen-bond acceptors (Lipinski definition) is 2. The number of rotatable bonds is 3. The first-order chi connectivity index (χ1) is 8.09. The Kier molecular flexibility index (Phi) is 3.95. The zero-order valence-electron chi connectivity index (χ0n) is 10.2. The third-order valence-electron chi connectivity index (χ3n) is 3.37. The number of aliphatic hydroxyl groups is 1. The minimum Gasteiger partial charge on any atom is -0.489 e. The first-order valence-corrected chi connectivity index (χ1v) is 6.58. The highest BCUT2D eigenvalue weighted by Gasteiger charge is 2.30. The van der Waals surface area contributed by atoms with E-state index in [1.54, 1.807) is 0 Å². The molecule has 0 spiro atoms. The third kappa shape index (κ3) is 3.36. The molecule has 1 saturated carbocycles. The van der Waals surface area contributed by atoms with E-state index in [9.17, 15) is 5.11 Å². The molecule has 0 atom stereocenters. The van der Waals surface area contributed by atoms with Crippen molar-refractivity contribution in [3.63, 3.8) is 0 Å². The Balaban J connectivity index is 1.99. The molecule has 0 aliphatic heterocycles. The molecule has 0 bridgehead atoms. The van der Waals surface area contributed by atoms with Crippen molar-refractivity contribution in [2.24, 2.45) is 0 Å². The molecule has 3 heteroatoms. The van der Waals surface area contributed by atoms with Crippen molar-refractivity contribution in [1.29, 1.82) is 0 Å². The van der Waals surface area contributed by atoms with E-state index < -0.39 is 5.60 Å². The highest BCUT2D eigenvalue weighted by molar-refractivity contribution is 6.32. The predicted octanol–water partition coefficient (Wildman–Crippen LogP) is 3.72. The van der Waals surface area contributed by atoms with E-state index in [2.05, 4.69) is 0 Å². The van der Waals surface area contributed by atoms with Gasteiger partial charge in [-0.15, -0.1) is 0 Å². The van der Waals surface area contributed by atoms with Gasteiger partial charge in [-0.05, 0) is 37.5 Å². The molecule has 1 aromatic rings. The predicted molar refractivity (Wildman–Crippen MR) is 69.7 cm³/mol. The summed E-state index contributed by atoms with van der Waals surface area (Å²) in [7, 11) is 0. The maximum absolute atomic E-state index is 10.3. The number of halogens is 1. The van der Waals surface area contributed by atoms with E-state index in [-0.39, 0.29) is 0 Å². The molecule has 0 radical (unpaired) electrons. The van der Waals surface area contributed by atoms with E-state index in [4.69, 9.17) is 16.3 Å². The van der Waals surface area contributed by atoms with Crippen molar-refractivity contribution in [2.45, 2.75) is 44.6 Å². The van der Waals surface area contributed by atoms with Crippen molar-refractivity contribution in [3.05, 3.63) is 28.8 Å². The molecule has 0 saturated heterocycles. The highest BCUT2D eigenvalue weighted by atomic mass is 35.5. The molecular formula is C14H19ClO2. The minimum atomic E-state index is -0.661. The maximum Gasteiger partial charge on any atom is 0.138 e. The summed E-state index contributed by atoms with van der Waals surface area (Å²) in [4.78, 5) is 0. The van der Waals surface area contributed by atoms with Crippen LogP contribution in [0.2, 0.25) is 5.02 Å². The van der Waals surface area contributed by atoms with Crippen molar-refractivity contribution >= 4 is 11.6 Å². The van der Waals surface area contributed by atoms with Crippen molar-refractivity contribution < 1.29 is 9.84 Å². The van der Waals surface area contributed by atoms with Gasteiger partial charge in [-0.25, -0.2) is 0 Å². The lowest BCUT2D eigenvalue weighted by Gasteiger charge is -2.31. The SMILES string of the molecule is Cc1ccc(Cl)c(OCC2(O)CCCCC2)c1. The van der Waals surface area contributed by atoms with E-state index in [0.717, 1.165) is 31.2 Å². The van der Waals surface area contributed by atoms with Crippen LogP contribution < -0.4 is 4.74 Å². The van der Waals surface area contributed by atoms with Gasteiger partial charge >= 0.3 is 0 Å². The lowest BCUT2D eigenvalue weighted by atomic mass is 9.85. The second-order valence-electron chi connectivity index (χ2n) is 5.01. The maximum atomic E-state index is 10.3. The summed E-state index contributed by atoms with van der Waals surface area (Å²) in [5, 5.41) is 10.9. The number of ether oxygens (including phenoxy) is 1. The zero-order valence-corrected chi connectivity index (χ0v) is 11.0. The van der Waals surface area contributed by atoms with Crippen molar-refractivity contribution in [1.82, 2.24) is 0 Å². The molecule has 1 aromatic carbocycles. The Morgan fingerprint density at radius 3 is 2.71 bits per heavy atom. The van der Waals surface area contributed by atoms with Crippen LogP contribution in [0.25, 0.3) is 0 Å². The van der Waals surface area contributed by atoms with Crippen LogP contribution >= 0.6 is 11.6 Å². The van der Waals surface area contributed by atoms with Crippen LogP contribution in [-0.2, 0) is 0 Å². The normalized spacial score (nSPS) is 19.0. The summed E-state index contributed by atoms with van der Waals surface area (Å²) >= 11 is 6.05. The molecule has 0 heterocycles. The van der Waals surface area contributed by atoms with Crippen molar-refractivity contribution in [3.8, 4) is 5.75 Å². The van der Waals surface area contributed by atoms with Gasteiger partial charge in [-0.3, -0.25) is 0 Å². The van der Waals surface area contributed by atoms with Crippen LogP contribution in [0.4, 0.5) is 0 Å².